The minimum atomic E-state index is -0.134. The molecule has 2 nitrogen and oxygen atoms in total. The van der Waals surface area contributed by atoms with Gasteiger partial charge in [-0.2, -0.15) is 0 Å². The van der Waals surface area contributed by atoms with Crippen LogP contribution in [0.15, 0.2) is 180 Å². The molecule has 1 aliphatic rings. The molecule has 0 saturated heterocycles. The Balaban J connectivity index is 1.28. The Morgan fingerprint density at radius 3 is 1.91 bits per heavy atom. The number of nitrogens with zero attached hydrogens (tertiary/aromatic N) is 1. The minimum Gasteiger partial charge on any atom is -0.455 e. The fourth-order valence-corrected chi connectivity index (χ4v) is 9.20. The van der Waals surface area contributed by atoms with Gasteiger partial charge < -0.3 is 9.32 Å². The van der Waals surface area contributed by atoms with E-state index in [0.29, 0.717) is 0 Å². The lowest BCUT2D eigenvalue weighted by atomic mass is 9.82. The zero-order valence-electron chi connectivity index (χ0n) is 29.6. The molecule has 0 N–H and O–H groups in total. The van der Waals surface area contributed by atoms with Crippen LogP contribution in [-0.4, -0.2) is 0 Å². The SMILES string of the molecule is CC1(C)c2ccccc2-c2c(N(c3cccc4ccccc34)c3ccc(-c4cc5ccccc5c5ccccc45)c4oc5ccccc5c34)cccc21. The quantitative estimate of drug-likeness (QED) is 0.172. The molecule has 10 aromatic rings. The maximum Gasteiger partial charge on any atom is 0.145 e. The normalized spacial score (nSPS) is 13.2. The first-order valence-corrected chi connectivity index (χ1v) is 18.4. The molecule has 2 heteroatoms. The summed E-state index contributed by atoms with van der Waals surface area (Å²) in [5.41, 5.74) is 12.6. The Bertz CT molecular complexity index is 3100. The molecule has 1 aliphatic carbocycles. The summed E-state index contributed by atoms with van der Waals surface area (Å²) < 4.78 is 7.00. The minimum absolute atomic E-state index is 0.134. The monoisotopic (exact) mass is 677 g/mol. The number of para-hydroxylation sites is 1. The number of furan rings is 1. The highest BCUT2D eigenvalue weighted by Gasteiger charge is 2.38. The van der Waals surface area contributed by atoms with Gasteiger partial charge in [0.1, 0.15) is 11.2 Å². The lowest BCUT2D eigenvalue weighted by Gasteiger charge is -2.30. The Morgan fingerprint density at radius 2 is 1.04 bits per heavy atom. The average molecular weight is 678 g/mol. The van der Waals surface area contributed by atoms with E-state index >= 15 is 0 Å². The molecule has 11 rings (SSSR count). The van der Waals surface area contributed by atoms with Gasteiger partial charge in [0.25, 0.3) is 0 Å². The molecule has 1 heterocycles. The molecule has 0 fully saturated rings. The summed E-state index contributed by atoms with van der Waals surface area (Å²) in [5, 5.41) is 9.54. The summed E-state index contributed by atoms with van der Waals surface area (Å²) in [4.78, 5) is 2.51. The van der Waals surface area contributed by atoms with Crippen LogP contribution in [-0.2, 0) is 5.41 Å². The highest BCUT2D eigenvalue weighted by molar-refractivity contribution is 6.22. The van der Waals surface area contributed by atoms with E-state index in [-0.39, 0.29) is 5.41 Å². The van der Waals surface area contributed by atoms with Crippen molar-refractivity contribution >= 4 is 71.3 Å². The number of fused-ring (bicyclic) bond motifs is 10. The molecule has 250 valence electrons. The van der Waals surface area contributed by atoms with Crippen LogP contribution in [0.3, 0.4) is 0 Å². The highest BCUT2D eigenvalue weighted by Crippen LogP contribution is 2.56. The number of hydrogen-bond acceptors (Lipinski definition) is 2. The van der Waals surface area contributed by atoms with Crippen LogP contribution >= 0.6 is 0 Å². The van der Waals surface area contributed by atoms with Crippen LogP contribution in [0.2, 0.25) is 0 Å². The number of benzene rings is 9. The van der Waals surface area contributed by atoms with E-state index in [0.717, 1.165) is 44.6 Å². The zero-order valence-corrected chi connectivity index (χ0v) is 29.6. The van der Waals surface area contributed by atoms with Crippen LogP contribution in [0.4, 0.5) is 17.1 Å². The molecule has 1 aromatic heterocycles. The Morgan fingerprint density at radius 1 is 0.415 bits per heavy atom. The second-order valence-electron chi connectivity index (χ2n) is 14.8. The molecule has 0 atom stereocenters. The summed E-state index contributed by atoms with van der Waals surface area (Å²) in [6.07, 6.45) is 0. The molecule has 0 aliphatic heterocycles. The number of hydrogen-bond donors (Lipinski definition) is 0. The fraction of sp³-hybridized carbons (Fsp3) is 0.0588. The van der Waals surface area contributed by atoms with Gasteiger partial charge in [0.2, 0.25) is 0 Å². The number of rotatable bonds is 4. The first kappa shape index (κ1) is 30.0. The molecular weight excluding hydrogens is 643 g/mol. The van der Waals surface area contributed by atoms with Gasteiger partial charge in [-0.25, -0.2) is 0 Å². The van der Waals surface area contributed by atoms with Gasteiger partial charge in [-0.3, -0.25) is 0 Å². The Labute approximate surface area is 308 Å². The van der Waals surface area contributed by atoms with E-state index in [9.17, 15) is 0 Å². The predicted molar refractivity (Wildman–Crippen MR) is 224 cm³/mol. The van der Waals surface area contributed by atoms with Crippen LogP contribution in [0.5, 0.6) is 0 Å². The average Bonchev–Trinajstić information content (AvgIpc) is 3.71. The summed E-state index contributed by atoms with van der Waals surface area (Å²) in [6, 6.07) is 64.1. The zero-order chi connectivity index (χ0) is 35.3. The lowest BCUT2D eigenvalue weighted by Crippen LogP contribution is -2.16. The summed E-state index contributed by atoms with van der Waals surface area (Å²) in [5.74, 6) is 0. The van der Waals surface area contributed by atoms with Crippen LogP contribution in [0.25, 0.3) is 76.5 Å². The molecule has 9 aromatic carbocycles. The Hall–Kier alpha value is -6.64. The van der Waals surface area contributed by atoms with E-state index in [1.165, 1.54) is 60.1 Å². The third kappa shape index (κ3) is 4.27. The first-order chi connectivity index (χ1) is 26.1. The van der Waals surface area contributed by atoms with Gasteiger partial charge in [-0.05, 0) is 85.6 Å². The Kier molecular flexibility index (Phi) is 6.33. The lowest BCUT2D eigenvalue weighted by molar-refractivity contribution is 0.660. The molecular formula is C51H35NO. The van der Waals surface area contributed by atoms with Gasteiger partial charge in [0.15, 0.2) is 0 Å². The molecule has 53 heavy (non-hydrogen) atoms. The van der Waals surface area contributed by atoms with Crippen molar-refractivity contribution in [3.05, 3.63) is 187 Å². The third-order valence-electron chi connectivity index (χ3n) is 11.6. The van der Waals surface area contributed by atoms with Crippen molar-refractivity contribution in [2.45, 2.75) is 19.3 Å². The molecule has 0 saturated carbocycles. The van der Waals surface area contributed by atoms with E-state index in [1.54, 1.807) is 0 Å². The van der Waals surface area contributed by atoms with Crippen molar-refractivity contribution in [2.75, 3.05) is 4.90 Å². The largest absolute Gasteiger partial charge is 0.455 e. The van der Waals surface area contributed by atoms with Gasteiger partial charge >= 0.3 is 0 Å². The summed E-state index contributed by atoms with van der Waals surface area (Å²) in [7, 11) is 0. The molecule has 0 bridgehead atoms. The van der Waals surface area contributed by atoms with Crippen molar-refractivity contribution in [2.24, 2.45) is 0 Å². The van der Waals surface area contributed by atoms with Gasteiger partial charge in [0.05, 0.1) is 22.4 Å². The van der Waals surface area contributed by atoms with Gasteiger partial charge in [0, 0.05) is 27.3 Å². The second-order valence-corrected chi connectivity index (χ2v) is 14.8. The first-order valence-electron chi connectivity index (χ1n) is 18.4. The van der Waals surface area contributed by atoms with E-state index in [1.807, 2.05) is 0 Å². The fourth-order valence-electron chi connectivity index (χ4n) is 9.20. The standard InChI is InChI=1S/C51H35NO/c1-51(2)42-24-11-9-22-39(42)48-43(51)25-14-27-45(48)52(44-26-13-17-32-15-3-6-19-35(32)44)46-30-29-38(50-49(46)40-23-10-12-28-47(40)53-50)41-31-33-16-4-5-18-34(33)36-20-7-8-21-37(36)41/h3-31H,1-2H3. The molecule has 0 spiro atoms. The van der Waals surface area contributed by atoms with Crippen molar-refractivity contribution < 1.29 is 4.42 Å². The van der Waals surface area contributed by atoms with Crippen molar-refractivity contribution in [3.8, 4) is 22.3 Å². The van der Waals surface area contributed by atoms with Crippen LogP contribution in [0, 0.1) is 0 Å². The summed E-state index contributed by atoms with van der Waals surface area (Å²) >= 11 is 0. The van der Waals surface area contributed by atoms with Crippen LogP contribution < -0.4 is 4.90 Å². The third-order valence-corrected chi connectivity index (χ3v) is 11.6. The summed E-state index contributed by atoms with van der Waals surface area (Å²) in [6.45, 7) is 4.71. The smallest absolute Gasteiger partial charge is 0.145 e. The van der Waals surface area contributed by atoms with Gasteiger partial charge in [-0.1, -0.05) is 153 Å². The molecule has 0 unspecified atom stereocenters. The maximum atomic E-state index is 7.00. The predicted octanol–water partition coefficient (Wildman–Crippen LogP) is 14.5. The van der Waals surface area contributed by atoms with Crippen molar-refractivity contribution in [1.29, 1.82) is 0 Å². The van der Waals surface area contributed by atoms with Crippen molar-refractivity contribution in [3.63, 3.8) is 0 Å². The molecule has 0 amide bonds. The molecule has 0 radical (unpaired) electrons. The van der Waals surface area contributed by atoms with E-state index in [4.69, 9.17) is 4.42 Å². The van der Waals surface area contributed by atoms with E-state index in [2.05, 4.69) is 195 Å². The topological polar surface area (TPSA) is 16.4 Å². The number of anilines is 3. The van der Waals surface area contributed by atoms with Gasteiger partial charge in [-0.15, -0.1) is 0 Å². The maximum absolute atomic E-state index is 7.00. The second kappa shape index (κ2) is 11.2. The van der Waals surface area contributed by atoms with Crippen molar-refractivity contribution in [1.82, 2.24) is 0 Å². The highest BCUT2D eigenvalue weighted by atomic mass is 16.3. The van der Waals surface area contributed by atoms with E-state index < -0.39 is 0 Å². The van der Waals surface area contributed by atoms with Crippen LogP contribution in [0.1, 0.15) is 25.0 Å².